The predicted octanol–water partition coefficient (Wildman–Crippen LogP) is 7.18. The van der Waals surface area contributed by atoms with E-state index in [0.717, 1.165) is 6.42 Å². The molecule has 0 aliphatic heterocycles. The molecule has 1 atom stereocenters. The van der Waals surface area contributed by atoms with Crippen LogP contribution in [-0.2, 0) is 5.41 Å². The molecule has 0 N–H and O–H groups in total. The van der Waals surface area contributed by atoms with E-state index in [1.165, 1.54) is 39.8 Å². The van der Waals surface area contributed by atoms with Crippen molar-refractivity contribution in [3.63, 3.8) is 0 Å². The second-order valence-electron chi connectivity index (χ2n) is 7.50. The maximum atomic E-state index is 2.43. The quantitative estimate of drug-likeness (QED) is 0.505. The van der Waals surface area contributed by atoms with Crippen molar-refractivity contribution in [3.05, 3.63) is 64.3 Å². The third kappa shape index (κ3) is 3.37. The van der Waals surface area contributed by atoms with Crippen molar-refractivity contribution in [1.29, 1.82) is 0 Å². The summed E-state index contributed by atoms with van der Waals surface area (Å²) in [5, 5.41) is 0. The summed E-state index contributed by atoms with van der Waals surface area (Å²) in [7, 11) is 0. The van der Waals surface area contributed by atoms with Crippen LogP contribution in [0, 0.1) is 0 Å². The van der Waals surface area contributed by atoms with Gasteiger partial charge in [0.2, 0.25) is 0 Å². The van der Waals surface area contributed by atoms with Crippen LogP contribution >= 0.6 is 0 Å². The predicted molar refractivity (Wildman–Crippen MR) is 104 cm³/mol. The molecule has 1 aliphatic rings. The van der Waals surface area contributed by atoms with Crippen LogP contribution in [0.1, 0.15) is 83.9 Å². The zero-order valence-electron chi connectivity index (χ0n) is 16.0. The van der Waals surface area contributed by atoms with Gasteiger partial charge in [-0.05, 0) is 60.4 Å². The fourth-order valence-electron chi connectivity index (χ4n) is 3.48. The van der Waals surface area contributed by atoms with Crippen molar-refractivity contribution in [2.24, 2.45) is 0 Å². The third-order valence-electron chi connectivity index (χ3n) is 5.58. The second-order valence-corrected chi connectivity index (χ2v) is 7.50. The number of allylic oxidation sites excluding steroid dienone is 6. The molecular weight excluding hydrogens is 276 g/mol. The van der Waals surface area contributed by atoms with Crippen LogP contribution in [0.4, 0.5) is 0 Å². The Morgan fingerprint density at radius 3 is 2.52 bits per heavy atom. The average molecular weight is 309 g/mol. The van der Waals surface area contributed by atoms with E-state index < -0.39 is 0 Å². The summed E-state index contributed by atoms with van der Waals surface area (Å²) in [5.41, 5.74) is 8.79. The summed E-state index contributed by atoms with van der Waals surface area (Å²) in [6, 6.07) is 7.11. The van der Waals surface area contributed by atoms with Gasteiger partial charge in [-0.3, -0.25) is 0 Å². The van der Waals surface area contributed by atoms with E-state index in [9.17, 15) is 0 Å². The Morgan fingerprint density at radius 2 is 1.91 bits per heavy atom. The molecule has 0 bridgehead atoms. The second kappa shape index (κ2) is 6.91. The highest BCUT2D eigenvalue weighted by Crippen LogP contribution is 2.47. The van der Waals surface area contributed by atoms with Crippen LogP contribution in [0.25, 0.3) is 5.57 Å². The van der Waals surface area contributed by atoms with Crippen molar-refractivity contribution in [3.8, 4) is 0 Å². The molecule has 0 radical (unpaired) electrons. The van der Waals surface area contributed by atoms with Gasteiger partial charge in [-0.25, -0.2) is 0 Å². The van der Waals surface area contributed by atoms with E-state index in [2.05, 4.69) is 84.9 Å². The van der Waals surface area contributed by atoms with Gasteiger partial charge in [-0.2, -0.15) is 0 Å². The molecule has 2 rings (SSSR count). The normalized spacial score (nSPS) is 18.7. The van der Waals surface area contributed by atoms with Crippen LogP contribution in [0.5, 0.6) is 0 Å². The van der Waals surface area contributed by atoms with Crippen molar-refractivity contribution in [2.75, 3.05) is 0 Å². The molecule has 0 fully saturated rings. The highest BCUT2D eigenvalue weighted by atomic mass is 14.4. The SMILES string of the molecule is CC/C(C)=C/C=C\C1=C(C)c2cc(C(C)CC)ccc2C1(C)C. The van der Waals surface area contributed by atoms with Crippen molar-refractivity contribution in [2.45, 2.75) is 72.6 Å². The smallest absolute Gasteiger partial charge is 0.0155 e. The molecule has 23 heavy (non-hydrogen) atoms. The number of hydrogen-bond acceptors (Lipinski definition) is 0. The van der Waals surface area contributed by atoms with Gasteiger partial charge in [-0.15, -0.1) is 0 Å². The molecule has 0 heteroatoms. The Morgan fingerprint density at radius 1 is 1.22 bits per heavy atom. The van der Waals surface area contributed by atoms with Gasteiger partial charge >= 0.3 is 0 Å². The zero-order chi connectivity index (χ0) is 17.2. The van der Waals surface area contributed by atoms with Gasteiger partial charge < -0.3 is 0 Å². The van der Waals surface area contributed by atoms with Gasteiger partial charge in [0.25, 0.3) is 0 Å². The number of rotatable bonds is 5. The molecule has 1 aliphatic carbocycles. The molecule has 0 saturated carbocycles. The summed E-state index contributed by atoms with van der Waals surface area (Å²) in [6.45, 7) is 16.0. The first-order valence-electron chi connectivity index (χ1n) is 9.02. The van der Waals surface area contributed by atoms with E-state index in [-0.39, 0.29) is 5.41 Å². The summed E-state index contributed by atoms with van der Waals surface area (Å²) < 4.78 is 0. The molecule has 0 aromatic heterocycles. The molecule has 0 amide bonds. The van der Waals surface area contributed by atoms with E-state index in [0.29, 0.717) is 5.92 Å². The van der Waals surface area contributed by atoms with E-state index >= 15 is 0 Å². The topological polar surface area (TPSA) is 0 Å². The minimum Gasteiger partial charge on any atom is -0.0736 e. The number of benzene rings is 1. The van der Waals surface area contributed by atoms with Gasteiger partial charge in [0, 0.05) is 5.41 Å². The highest BCUT2D eigenvalue weighted by Gasteiger charge is 2.34. The van der Waals surface area contributed by atoms with Crippen LogP contribution in [0.2, 0.25) is 0 Å². The summed E-state index contributed by atoms with van der Waals surface area (Å²) in [4.78, 5) is 0. The van der Waals surface area contributed by atoms with E-state index in [4.69, 9.17) is 0 Å². The summed E-state index contributed by atoms with van der Waals surface area (Å²) in [6.07, 6.45) is 9.09. The Kier molecular flexibility index (Phi) is 5.34. The van der Waals surface area contributed by atoms with Crippen molar-refractivity contribution >= 4 is 5.57 Å². The molecule has 0 spiro atoms. The average Bonchev–Trinajstić information content (AvgIpc) is 2.74. The Labute approximate surface area is 143 Å². The third-order valence-corrected chi connectivity index (χ3v) is 5.58. The maximum absolute atomic E-state index is 2.43. The molecule has 1 aromatic carbocycles. The fraction of sp³-hybridized carbons (Fsp3) is 0.478. The number of fused-ring (bicyclic) bond motifs is 1. The fourth-order valence-corrected chi connectivity index (χ4v) is 3.48. The van der Waals surface area contributed by atoms with Gasteiger partial charge in [0.05, 0.1) is 0 Å². The molecule has 124 valence electrons. The molecular formula is C23H32. The lowest BCUT2D eigenvalue weighted by molar-refractivity contribution is 0.652. The Balaban J connectivity index is 2.45. The Hall–Kier alpha value is -1.56. The summed E-state index contributed by atoms with van der Waals surface area (Å²) >= 11 is 0. The highest BCUT2D eigenvalue weighted by molar-refractivity contribution is 5.81. The lowest BCUT2D eigenvalue weighted by Gasteiger charge is -2.23. The van der Waals surface area contributed by atoms with Crippen LogP contribution in [0.15, 0.2) is 47.6 Å². The van der Waals surface area contributed by atoms with E-state index in [1.807, 2.05) is 0 Å². The largest absolute Gasteiger partial charge is 0.0736 e. The van der Waals surface area contributed by atoms with Crippen molar-refractivity contribution in [1.82, 2.24) is 0 Å². The number of hydrogen-bond donors (Lipinski definition) is 0. The first-order chi connectivity index (χ1) is 10.8. The summed E-state index contributed by atoms with van der Waals surface area (Å²) in [5.74, 6) is 0.631. The van der Waals surface area contributed by atoms with Crippen LogP contribution < -0.4 is 0 Å². The first-order valence-corrected chi connectivity index (χ1v) is 9.02. The van der Waals surface area contributed by atoms with Gasteiger partial charge in [0.15, 0.2) is 0 Å². The zero-order valence-corrected chi connectivity index (χ0v) is 16.0. The monoisotopic (exact) mass is 308 g/mol. The molecule has 0 saturated heterocycles. The Bertz CT molecular complexity index is 665. The van der Waals surface area contributed by atoms with Gasteiger partial charge in [0.1, 0.15) is 0 Å². The van der Waals surface area contributed by atoms with E-state index in [1.54, 1.807) is 0 Å². The van der Waals surface area contributed by atoms with Crippen LogP contribution in [0.3, 0.4) is 0 Å². The lowest BCUT2D eigenvalue weighted by Crippen LogP contribution is -2.16. The maximum Gasteiger partial charge on any atom is 0.0155 e. The minimum absolute atomic E-state index is 0.0951. The van der Waals surface area contributed by atoms with Gasteiger partial charge in [-0.1, -0.05) is 76.6 Å². The molecule has 1 unspecified atom stereocenters. The van der Waals surface area contributed by atoms with Crippen molar-refractivity contribution < 1.29 is 0 Å². The van der Waals surface area contributed by atoms with Crippen LogP contribution in [-0.4, -0.2) is 0 Å². The first kappa shape index (κ1) is 17.8. The molecule has 0 heterocycles. The standard InChI is InChI=1S/C23H32/c1-8-16(3)11-10-12-21-18(5)20-15-19(17(4)9-2)13-14-22(20)23(21,6)7/h10-15,17H,8-9H2,1-7H3/b12-10-,16-11+. The molecule has 0 nitrogen and oxygen atoms in total. The lowest BCUT2D eigenvalue weighted by atomic mass is 9.80. The minimum atomic E-state index is 0.0951. The molecule has 1 aromatic rings.